The first kappa shape index (κ1) is 19.5. The molecular weight excluding hydrogens is 226 g/mol. The third-order valence-electron chi connectivity index (χ3n) is 2.74. The van der Waals surface area contributed by atoms with Gasteiger partial charge < -0.3 is 10.0 Å². The van der Waals surface area contributed by atoms with Crippen molar-refractivity contribution >= 4 is 5.97 Å². The van der Waals surface area contributed by atoms with Crippen LogP contribution in [0.1, 0.15) is 54.4 Å². The average Bonchev–Trinajstić information content (AvgIpc) is 2.28. The number of carboxylic acids is 1. The van der Waals surface area contributed by atoms with Crippen LogP contribution in [0.5, 0.6) is 0 Å². The first-order valence-corrected chi connectivity index (χ1v) is 6.58. The monoisotopic (exact) mass is 257 g/mol. The fourth-order valence-corrected chi connectivity index (χ4v) is 1.71. The van der Waals surface area contributed by atoms with Crippen molar-refractivity contribution in [2.75, 3.05) is 13.1 Å². The second-order valence-corrected chi connectivity index (χ2v) is 5.13. The average molecular weight is 257 g/mol. The summed E-state index contributed by atoms with van der Waals surface area (Å²) in [4.78, 5) is 12.4. The zero-order valence-corrected chi connectivity index (χ0v) is 11.6. The van der Waals surface area contributed by atoms with E-state index < -0.39 is 5.97 Å². The van der Waals surface area contributed by atoms with E-state index in [1.165, 1.54) is 32.4 Å². The molecule has 0 saturated carbocycles. The molecule has 1 saturated heterocycles. The van der Waals surface area contributed by atoms with Gasteiger partial charge in [-0.05, 0) is 45.7 Å². The molecule has 0 aromatic carbocycles. The van der Waals surface area contributed by atoms with Crippen LogP contribution in [-0.4, -0.2) is 35.1 Å². The van der Waals surface area contributed by atoms with Crippen LogP contribution in [0, 0.1) is 5.92 Å². The highest BCUT2D eigenvalue weighted by molar-refractivity contribution is 5.79. The van der Waals surface area contributed by atoms with Crippen molar-refractivity contribution < 1.29 is 9.90 Å². The van der Waals surface area contributed by atoms with Gasteiger partial charge in [-0.1, -0.05) is 33.8 Å². The molecule has 3 heteroatoms. The fraction of sp³-hybridized carbons (Fsp3) is 0.800. The molecule has 1 aliphatic rings. The molecule has 0 aromatic heterocycles. The van der Waals surface area contributed by atoms with E-state index in [0.717, 1.165) is 12.1 Å². The fourth-order valence-electron chi connectivity index (χ4n) is 1.71. The predicted octanol–water partition coefficient (Wildman–Crippen LogP) is 3.80. The van der Waals surface area contributed by atoms with E-state index in [1.807, 2.05) is 13.8 Å². The van der Waals surface area contributed by atoms with Crippen LogP contribution in [0.15, 0.2) is 12.2 Å². The predicted molar refractivity (Wildman–Crippen MR) is 78.9 cm³/mol. The highest BCUT2D eigenvalue weighted by Crippen LogP contribution is 2.10. The van der Waals surface area contributed by atoms with E-state index in [9.17, 15) is 4.79 Å². The molecule has 108 valence electrons. The smallest absolute Gasteiger partial charge is 0.327 e. The first-order chi connectivity index (χ1) is 7.93. The standard InChI is InChI=1S/C8H17N.C6H10O2.CH4/c1-8(2)9-6-4-3-5-7-9;1-5(2)3-4-6(7)8;/h8H,3-7H2,1-2H3;3-5H,1-2H3,(H,7,8);1H4/b;4-3+;. The topological polar surface area (TPSA) is 40.5 Å². The third-order valence-corrected chi connectivity index (χ3v) is 2.74. The quantitative estimate of drug-likeness (QED) is 0.782. The van der Waals surface area contributed by atoms with E-state index in [1.54, 1.807) is 6.08 Å². The Bertz CT molecular complexity index is 229. The van der Waals surface area contributed by atoms with Gasteiger partial charge in [0.15, 0.2) is 0 Å². The maximum Gasteiger partial charge on any atom is 0.327 e. The summed E-state index contributed by atoms with van der Waals surface area (Å²) in [5, 5.41) is 8.08. The first-order valence-electron chi connectivity index (χ1n) is 6.58. The summed E-state index contributed by atoms with van der Waals surface area (Å²) < 4.78 is 0. The molecule has 0 unspecified atom stereocenters. The summed E-state index contributed by atoms with van der Waals surface area (Å²) in [5.74, 6) is -0.551. The largest absolute Gasteiger partial charge is 0.478 e. The zero-order chi connectivity index (χ0) is 13.3. The van der Waals surface area contributed by atoms with Crippen LogP contribution >= 0.6 is 0 Å². The molecule has 0 aliphatic carbocycles. The molecule has 1 aliphatic heterocycles. The summed E-state index contributed by atoms with van der Waals surface area (Å²) in [6.07, 6.45) is 7.08. The molecule has 1 fully saturated rings. The third kappa shape index (κ3) is 11.6. The molecule has 1 rings (SSSR count). The minimum atomic E-state index is -0.876. The van der Waals surface area contributed by atoms with Crippen molar-refractivity contribution in [2.45, 2.75) is 60.4 Å². The molecule has 0 atom stereocenters. The Morgan fingerprint density at radius 1 is 1.11 bits per heavy atom. The Hall–Kier alpha value is -0.830. The highest BCUT2D eigenvalue weighted by atomic mass is 16.4. The number of carbonyl (C=O) groups is 1. The van der Waals surface area contributed by atoms with Gasteiger partial charge in [0.1, 0.15) is 0 Å². The van der Waals surface area contributed by atoms with E-state index in [2.05, 4.69) is 18.7 Å². The lowest BCUT2D eigenvalue weighted by Gasteiger charge is -2.29. The second-order valence-electron chi connectivity index (χ2n) is 5.13. The molecule has 0 spiro atoms. The molecule has 0 radical (unpaired) electrons. The number of rotatable bonds is 3. The summed E-state index contributed by atoms with van der Waals surface area (Å²) >= 11 is 0. The van der Waals surface area contributed by atoms with Crippen LogP contribution in [0.2, 0.25) is 0 Å². The number of carboxylic acid groups (broad SMARTS) is 1. The van der Waals surface area contributed by atoms with Crippen molar-refractivity contribution in [3.05, 3.63) is 12.2 Å². The van der Waals surface area contributed by atoms with E-state index >= 15 is 0 Å². The zero-order valence-electron chi connectivity index (χ0n) is 11.6. The van der Waals surface area contributed by atoms with Crippen molar-refractivity contribution in [3.63, 3.8) is 0 Å². The second kappa shape index (κ2) is 11.3. The molecular formula is C15H31NO2. The number of aliphatic carboxylic acids is 1. The molecule has 1 heterocycles. The minimum Gasteiger partial charge on any atom is -0.478 e. The molecule has 0 aromatic rings. The lowest BCUT2D eigenvalue weighted by Crippen LogP contribution is -2.35. The lowest BCUT2D eigenvalue weighted by molar-refractivity contribution is -0.131. The molecule has 18 heavy (non-hydrogen) atoms. The van der Waals surface area contributed by atoms with Crippen molar-refractivity contribution in [3.8, 4) is 0 Å². The van der Waals surface area contributed by atoms with Gasteiger partial charge in [0.05, 0.1) is 0 Å². The van der Waals surface area contributed by atoms with Gasteiger partial charge in [-0.2, -0.15) is 0 Å². The normalized spacial score (nSPS) is 16.3. The number of hydrogen-bond donors (Lipinski definition) is 1. The van der Waals surface area contributed by atoms with Gasteiger partial charge in [0, 0.05) is 12.1 Å². The highest BCUT2D eigenvalue weighted by Gasteiger charge is 2.11. The summed E-state index contributed by atoms with van der Waals surface area (Å²) in [7, 11) is 0. The Labute approximate surface area is 113 Å². The number of nitrogens with zero attached hydrogens (tertiary/aromatic N) is 1. The summed E-state index contributed by atoms with van der Waals surface area (Å²) in [6, 6.07) is 0.769. The molecule has 0 amide bonds. The summed E-state index contributed by atoms with van der Waals surface area (Å²) in [5.41, 5.74) is 0. The van der Waals surface area contributed by atoms with Crippen LogP contribution in [-0.2, 0) is 4.79 Å². The minimum absolute atomic E-state index is 0. The number of piperidine rings is 1. The lowest BCUT2D eigenvalue weighted by atomic mass is 10.1. The Balaban J connectivity index is 0. The molecule has 1 N–H and O–H groups in total. The van der Waals surface area contributed by atoms with Gasteiger partial charge in [0.2, 0.25) is 0 Å². The van der Waals surface area contributed by atoms with Crippen LogP contribution in [0.3, 0.4) is 0 Å². The van der Waals surface area contributed by atoms with E-state index in [4.69, 9.17) is 5.11 Å². The summed E-state index contributed by atoms with van der Waals surface area (Å²) in [6.45, 7) is 11.1. The Kier molecular flexibility index (Phi) is 12.2. The van der Waals surface area contributed by atoms with E-state index in [-0.39, 0.29) is 7.43 Å². The maximum atomic E-state index is 9.82. The van der Waals surface area contributed by atoms with Gasteiger partial charge >= 0.3 is 5.97 Å². The van der Waals surface area contributed by atoms with Gasteiger partial charge in [-0.3, -0.25) is 0 Å². The van der Waals surface area contributed by atoms with Gasteiger partial charge in [-0.25, -0.2) is 4.79 Å². The SMILES string of the molecule is C.CC(C)/C=C/C(=O)O.CC(C)N1CCCCC1. The van der Waals surface area contributed by atoms with Crippen LogP contribution < -0.4 is 0 Å². The number of allylic oxidation sites excluding steroid dienone is 1. The van der Waals surface area contributed by atoms with Crippen LogP contribution in [0.25, 0.3) is 0 Å². The number of likely N-dealkylation sites (tertiary alicyclic amines) is 1. The number of hydrogen-bond acceptors (Lipinski definition) is 2. The van der Waals surface area contributed by atoms with Crippen molar-refractivity contribution in [1.82, 2.24) is 4.90 Å². The van der Waals surface area contributed by atoms with Crippen LogP contribution in [0.4, 0.5) is 0 Å². The van der Waals surface area contributed by atoms with Crippen molar-refractivity contribution in [2.24, 2.45) is 5.92 Å². The van der Waals surface area contributed by atoms with E-state index in [0.29, 0.717) is 5.92 Å². The Morgan fingerprint density at radius 3 is 1.83 bits per heavy atom. The van der Waals surface area contributed by atoms with Gasteiger partial charge in [-0.15, -0.1) is 0 Å². The molecule has 3 nitrogen and oxygen atoms in total. The molecule has 0 bridgehead atoms. The Morgan fingerprint density at radius 2 is 1.61 bits per heavy atom. The van der Waals surface area contributed by atoms with Crippen molar-refractivity contribution in [1.29, 1.82) is 0 Å². The maximum absolute atomic E-state index is 9.82. The van der Waals surface area contributed by atoms with Gasteiger partial charge in [0.25, 0.3) is 0 Å².